The highest BCUT2D eigenvalue weighted by atomic mass is 15.1. The van der Waals surface area contributed by atoms with Crippen molar-refractivity contribution in [2.45, 2.75) is 40.2 Å². The van der Waals surface area contributed by atoms with Gasteiger partial charge in [-0.15, -0.1) is 0 Å². The minimum absolute atomic E-state index is 0.487. The fourth-order valence-corrected chi connectivity index (χ4v) is 1.80. The summed E-state index contributed by atoms with van der Waals surface area (Å²) in [6.45, 7) is 14.1. The van der Waals surface area contributed by atoms with E-state index in [0.717, 1.165) is 38.6 Å². The average molecular weight is 215 g/mol. The monoisotopic (exact) mass is 215 g/mol. The largest absolute Gasteiger partial charge is 0.329 e. The Bertz CT molecular complexity index is 133. The third-order valence-electron chi connectivity index (χ3n) is 2.80. The molecule has 0 fully saturated rings. The summed E-state index contributed by atoms with van der Waals surface area (Å²) in [7, 11) is 0. The average Bonchev–Trinajstić information content (AvgIpc) is 2.22. The predicted molar refractivity (Wildman–Crippen MR) is 68.1 cm³/mol. The van der Waals surface area contributed by atoms with Crippen molar-refractivity contribution in [2.75, 3.05) is 32.7 Å². The lowest BCUT2D eigenvalue weighted by Gasteiger charge is -2.22. The molecule has 0 aliphatic heterocycles. The lowest BCUT2D eigenvalue weighted by Crippen LogP contribution is -2.41. The molecule has 1 unspecified atom stereocenters. The summed E-state index contributed by atoms with van der Waals surface area (Å²) in [4.78, 5) is 2.43. The van der Waals surface area contributed by atoms with Crippen LogP contribution >= 0.6 is 0 Å². The van der Waals surface area contributed by atoms with Crippen LogP contribution in [0, 0.1) is 5.92 Å². The van der Waals surface area contributed by atoms with Crippen molar-refractivity contribution in [3.8, 4) is 0 Å². The molecule has 0 saturated carbocycles. The Morgan fingerprint density at radius 3 is 2.20 bits per heavy atom. The highest BCUT2D eigenvalue weighted by Crippen LogP contribution is 2.03. The zero-order valence-corrected chi connectivity index (χ0v) is 10.9. The van der Waals surface area contributed by atoms with Gasteiger partial charge in [0.2, 0.25) is 0 Å². The van der Waals surface area contributed by atoms with Crippen LogP contribution in [0.15, 0.2) is 0 Å². The zero-order valence-electron chi connectivity index (χ0n) is 10.9. The molecule has 0 aromatic rings. The van der Waals surface area contributed by atoms with Gasteiger partial charge in [0.15, 0.2) is 0 Å². The van der Waals surface area contributed by atoms with Crippen molar-refractivity contribution in [1.29, 1.82) is 0 Å². The first kappa shape index (κ1) is 14.9. The van der Waals surface area contributed by atoms with Gasteiger partial charge in [-0.2, -0.15) is 0 Å². The van der Waals surface area contributed by atoms with Gasteiger partial charge in [-0.25, -0.2) is 0 Å². The van der Waals surface area contributed by atoms with E-state index in [0.29, 0.717) is 6.04 Å². The summed E-state index contributed by atoms with van der Waals surface area (Å²) in [5.74, 6) is 0.722. The van der Waals surface area contributed by atoms with Crippen LogP contribution in [0.4, 0.5) is 0 Å². The van der Waals surface area contributed by atoms with Crippen LogP contribution in [0.3, 0.4) is 0 Å². The standard InChI is InChI=1S/C12H29N3/c1-5-15(6-2)8-7-14-12(10-13)9-11(3)4/h11-12,14H,5-10,13H2,1-4H3. The first-order valence-corrected chi connectivity index (χ1v) is 6.29. The summed E-state index contributed by atoms with van der Waals surface area (Å²) in [6.07, 6.45) is 1.18. The second-order valence-corrected chi connectivity index (χ2v) is 4.54. The lowest BCUT2D eigenvalue weighted by atomic mass is 10.0. The molecule has 0 bridgehead atoms. The Morgan fingerprint density at radius 1 is 1.20 bits per heavy atom. The number of nitrogens with two attached hydrogens (primary N) is 1. The van der Waals surface area contributed by atoms with Crippen LogP contribution in [0.1, 0.15) is 34.1 Å². The second kappa shape index (κ2) is 9.13. The van der Waals surface area contributed by atoms with Crippen LogP contribution in [0.5, 0.6) is 0 Å². The SMILES string of the molecule is CCN(CC)CCNC(CN)CC(C)C. The first-order valence-electron chi connectivity index (χ1n) is 6.29. The predicted octanol–water partition coefficient (Wildman–Crippen LogP) is 1.29. The Morgan fingerprint density at radius 2 is 1.80 bits per heavy atom. The smallest absolute Gasteiger partial charge is 0.0193 e. The Hall–Kier alpha value is -0.120. The number of nitrogens with one attached hydrogen (secondary N) is 1. The van der Waals surface area contributed by atoms with Crippen molar-refractivity contribution in [3.05, 3.63) is 0 Å². The molecule has 1 atom stereocenters. The van der Waals surface area contributed by atoms with Gasteiger partial charge >= 0.3 is 0 Å². The summed E-state index contributed by atoms with van der Waals surface area (Å²) in [5, 5.41) is 3.53. The number of rotatable bonds is 9. The minimum atomic E-state index is 0.487. The maximum atomic E-state index is 5.73. The molecule has 0 spiro atoms. The highest BCUT2D eigenvalue weighted by molar-refractivity contribution is 4.70. The minimum Gasteiger partial charge on any atom is -0.329 e. The number of hydrogen-bond donors (Lipinski definition) is 2. The normalized spacial score (nSPS) is 13.8. The quantitative estimate of drug-likeness (QED) is 0.609. The van der Waals surface area contributed by atoms with E-state index in [1.165, 1.54) is 6.42 Å². The van der Waals surface area contributed by atoms with Crippen molar-refractivity contribution in [1.82, 2.24) is 10.2 Å². The van der Waals surface area contributed by atoms with Crippen LogP contribution in [-0.4, -0.2) is 43.7 Å². The number of hydrogen-bond acceptors (Lipinski definition) is 3. The van der Waals surface area contributed by atoms with E-state index in [4.69, 9.17) is 5.73 Å². The van der Waals surface area contributed by atoms with Gasteiger partial charge in [-0.3, -0.25) is 0 Å². The fourth-order valence-electron chi connectivity index (χ4n) is 1.80. The third-order valence-corrected chi connectivity index (χ3v) is 2.80. The molecule has 0 aliphatic carbocycles. The number of likely N-dealkylation sites (N-methyl/N-ethyl adjacent to an activating group) is 1. The Balaban J connectivity index is 3.61. The van der Waals surface area contributed by atoms with E-state index in [1.54, 1.807) is 0 Å². The maximum absolute atomic E-state index is 5.73. The van der Waals surface area contributed by atoms with E-state index in [-0.39, 0.29) is 0 Å². The van der Waals surface area contributed by atoms with Crippen LogP contribution in [-0.2, 0) is 0 Å². The second-order valence-electron chi connectivity index (χ2n) is 4.54. The van der Waals surface area contributed by atoms with Gasteiger partial charge in [0.25, 0.3) is 0 Å². The fraction of sp³-hybridized carbons (Fsp3) is 1.00. The summed E-state index contributed by atoms with van der Waals surface area (Å²) in [6, 6.07) is 0.487. The molecule has 0 radical (unpaired) electrons. The van der Waals surface area contributed by atoms with E-state index in [2.05, 4.69) is 37.9 Å². The van der Waals surface area contributed by atoms with Gasteiger partial charge < -0.3 is 16.0 Å². The molecular weight excluding hydrogens is 186 g/mol. The van der Waals surface area contributed by atoms with Gasteiger partial charge in [-0.05, 0) is 25.4 Å². The molecule has 3 heteroatoms. The Labute approximate surface area is 95.4 Å². The molecule has 0 aliphatic rings. The number of nitrogens with zero attached hydrogens (tertiary/aromatic N) is 1. The van der Waals surface area contributed by atoms with Gasteiger partial charge in [-0.1, -0.05) is 27.7 Å². The molecule has 0 amide bonds. The van der Waals surface area contributed by atoms with Crippen LogP contribution < -0.4 is 11.1 Å². The third kappa shape index (κ3) is 7.77. The van der Waals surface area contributed by atoms with E-state index in [1.807, 2.05) is 0 Å². The van der Waals surface area contributed by atoms with Gasteiger partial charge in [0.05, 0.1) is 0 Å². The molecule has 0 aromatic carbocycles. The van der Waals surface area contributed by atoms with E-state index >= 15 is 0 Å². The molecule has 0 aromatic heterocycles. The molecule has 3 N–H and O–H groups in total. The molecule has 0 rings (SSSR count). The molecule has 0 saturated heterocycles. The molecule has 15 heavy (non-hydrogen) atoms. The molecule has 0 heterocycles. The lowest BCUT2D eigenvalue weighted by molar-refractivity contribution is 0.291. The van der Waals surface area contributed by atoms with Crippen LogP contribution in [0.2, 0.25) is 0 Å². The van der Waals surface area contributed by atoms with Crippen molar-refractivity contribution >= 4 is 0 Å². The summed E-state index contributed by atoms with van der Waals surface area (Å²) in [5.41, 5.74) is 5.73. The zero-order chi connectivity index (χ0) is 11.7. The summed E-state index contributed by atoms with van der Waals surface area (Å²) >= 11 is 0. The van der Waals surface area contributed by atoms with Crippen molar-refractivity contribution < 1.29 is 0 Å². The summed E-state index contributed by atoms with van der Waals surface area (Å²) < 4.78 is 0. The van der Waals surface area contributed by atoms with Crippen LogP contribution in [0.25, 0.3) is 0 Å². The van der Waals surface area contributed by atoms with Gasteiger partial charge in [0, 0.05) is 25.7 Å². The molecule has 92 valence electrons. The maximum Gasteiger partial charge on any atom is 0.0193 e. The first-order chi connectivity index (χ1) is 7.13. The van der Waals surface area contributed by atoms with Gasteiger partial charge in [0.1, 0.15) is 0 Å². The highest BCUT2D eigenvalue weighted by Gasteiger charge is 2.08. The van der Waals surface area contributed by atoms with Crippen molar-refractivity contribution in [2.24, 2.45) is 11.7 Å². The molecule has 3 nitrogen and oxygen atoms in total. The van der Waals surface area contributed by atoms with E-state index in [9.17, 15) is 0 Å². The molecular formula is C12H29N3. The topological polar surface area (TPSA) is 41.3 Å². The Kier molecular flexibility index (Phi) is 9.06. The van der Waals surface area contributed by atoms with Crippen molar-refractivity contribution in [3.63, 3.8) is 0 Å². The van der Waals surface area contributed by atoms with E-state index < -0.39 is 0 Å².